The van der Waals surface area contributed by atoms with Crippen LogP contribution in [0.15, 0.2) is 24.5 Å². The van der Waals surface area contributed by atoms with Crippen LogP contribution in [0, 0.1) is 6.92 Å². The van der Waals surface area contributed by atoms with Crippen LogP contribution in [0.3, 0.4) is 0 Å². The Kier molecular flexibility index (Phi) is 5.11. The van der Waals surface area contributed by atoms with Crippen molar-refractivity contribution in [1.29, 1.82) is 0 Å². The van der Waals surface area contributed by atoms with Gasteiger partial charge in [0, 0.05) is 31.0 Å². The van der Waals surface area contributed by atoms with Gasteiger partial charge in [-0.1, -0.05) is 0 Å². The fraction of sp³-hybridized carbons (Fsp3) is 0.389. The normalized spacial score (nSPS) is 12.2. The van der Waals surface area contributed by atoms with Gasteiger partial charge in [-0.05, 0) is 32.9 Å². The lowest BCUT2D eigenvalue weighted by Crippen LogP contribution is -2.22. The lowest BCUT2D eigenvalue weighted by atomic mass is 10.2. The predicted molar refractivity (Wildman–Crippen MR) is 98.6 cm³/mol. The summed E-state index contributed by atoms with van der Waals surface area (Å²) in [6.45, 7) is 6.00. The number of pyridine rings is 1. The SMILES string of the molecule is CCOC(=O)CC(C)Nc1nc(-c2ccncc2)nc2c1c(C)nn2C. The third kappa shape index (κ3) is 3.63. The summed E-state index contributed by atoms with van der Waals surface area (Å²) in [5.74, 6) is 0.994. The number of carbonyl (C=O) groups is 1. The average molecular weight is 354 g/mol. The summed E-state index contributed by atoms with van der Waals surface area (Å²) in [5.41, 5.74) is 2.42. The number of nitrogens with one attached hydrogen (secondary N) is 1. The zero-order chi connectivity index (χ0) is 18.7. The van der Waals surface area contributed by atoms with E-state index in [1.807, 2.05) is 33.0 Å². The van der Waals surface area contributed by atoms with Crippen molar-refractivity contribution in [1.82, 2.24) is 24.7 Å². The van der Waals surface area contributed by atoms with Gasteiger partial charge in [0.05, 0.1) is 24.1 Å². The summed E-state index contributed by atoms with van der Waals surface area (Å²) in [6, 6.07) is 3.57. The van der Waals surface area contributed by atoms with E-state index in [1.165, 1.54) is 0 Å². The van der Waals surface area contributed by atoms with Crippen LogP contribution in [-0.4, -0.2) is 43.4 Å². The summed E-state index contributed by atoms with van der Waals surface area (Å²) < 4.78 is 6.76. The molecule has 3 heterocycles. The molecule has 3 rings (SSSR count). The van der Waals surface area contributed by atoms with E-state index in [2.05, 4.69) is 25.4 Å². The molecule has 0 aliphatic carbocycles. The van der Waals surface area contributed by atoms with Crippen LogP contribution in [0.5, 0.6) is 0 Å². The molecule has 0 amide bonds. The molecule has 3 aromatic rings. The molecule has 0 radical (unpaired) electrons. The number of aromatic nitrogens is 5. The molecule has 0 saturated carbocycles. The van der Waals surface area contributed by atoms with Gasteiger partial charge in [-0.3, -0.25) is 14.5 Å². The van der Waals surface area contributed by atoms with Gasteiger partial charge in [-0.2, -0.15) is 5.10 Å². The second-order valence-corrected chi connectivity index (χ2v) is 6.09. The monoisotopic (exact) mass is 354 g/mol. The Balaban J connectivity index is 2.01. The van der Waals surface area contributed by atoms with E-state index in [0.29, 0.717) is 18.2 Å². The number of ether oxygens (including phenoxy) is 1. The van der Waals surface area contributed by atoms with Crippen molar-refractivity contribution >= 4 is 22.8 Å². The highest BCUT2D eigenvalue weighted by molar-refractivity contribution is 5.91. The molecule has 1 atom stereocenters. The number of hydrogen-bond donors (Lipinski definition) is 1. The van der Waals surface area contributed by atoms with Crippen molar-refractivity contribution in [2.75, 3.05) is 11.9 Å². The molecule has 8 heteroatoms. The fourth-order valence-corrected chi connectivity index (χ4v) is 2.83. The summed E-state index contributed by atoms with van der Waals surface area (Å²) in [4.78, 5) is 25.1. The molecule has 26 heavy (non-hydrogen) atoms. The van der Waals surface area contributed by atoms with E-state index < -0.39 is 0 Å². The number of carbonyl (C=O) groups excluding carboxylic acids is 1. The summed E-state index contributed by atoms with van der Waals surface area (Å²) in [6.07, 6.45) is 3.66. The van der Waals surface area contributed by atoms with E-state index >= 15 is 0 Å². The molecule has 1 unspecified atom stereocenters. The number of nitrogens with zero attached hydrogens (tertiary/aromatic N) is 5. The molecule has 0 aliphatic rings. The van der Waals surface area contributed by atoms with Gasteiger partial charge >= 0.3 is 5.97 Å². The van der Waals surface area contributed by atoms with Crippen LogP contribution in [-0.2, 0) is 16.6 Å². The second-order valence-electron chi connectivity index (χ2n) is 6.09. The van der Waals surface area contributed by atoms with Crippen molar-refractivity contribution in [3.05, 3.63) is 30.2 Å². The van der Waals surface area contributed by atoms with Gasteiger partial charge in [0.15, 0.2) is 11.5 Å². The van der Waals surface area contributed by atoms with Crippen molar-refractivity contribution in [2.24, 2.45) is 7.05 Å². The Morgan fingerprint density at radius 3 is 2.73 bits per heavy atom. The minimum Gasteiger partial charge on any atom is -0.466 e. The second kappa shape index (κ2) is 7.47. The molecule has 136 valence electrons. The molecule has 1 N–H and O–H groups in total. The largest absolute Gasteiger partial charge is 0.466 e. The lowest BCUT2D eigenvalue weighted by Gasteiger charge is -2.15. The molecule has 0 bridgehead atoms. The summed E-state index contributed by atoms with van der Waals surface area (Å²) in [7, 11) is 1.85. The van der Waals surface area contributed by atoms with Gasteiger partial charge in [0.25, 0.3) is 0 Å². The Hall–Kier alpha value is -3.03. The van der Waals surface area contributed by atoms with Crippen LogP contribution < -0.4 is 5.32 Å². The number of anilines is 1. The number of esters is 1. The van der Waals surface area contributed by atoms with E-state index in [4.69, 9.17) is 4.74 Å². The minimum absolute atomic E-state index is 0.142. The van der Waals surface area contributed by atoms with Gasteiger partial charge in [-0.25, -0.2) is 9.97 Å². The van der Waals surface area contributed by atoms with Gasteiger partial charge < -0.3 is 10.1 Å². The van der Waals surface area contributed by atoms with E-state index in [-0.39, 0.29) is 18.4 Å². The van der Waals surface area contributed by atoms with Crippen LogP contribution >= 0.6 is 0 Å². The van der Waals surface area contributed by atoms with Crippen molar-refractivity contribution in [2.45, 2.75) is 33.2 Å². The number of fused-ring (bicyclic) bond motifs is 1. The highest BCUT2D eigenvalue weighted by atomic mass is 16.5. The molecule has 8 nitrogen and oxygen atoms in total. The van der Waals surface area contributed by atoms with E-state index in [9.17, 15) is 4.79 Å². The van der Waals surface area contributed by atoms with Crippen LogP contribution in [0.25, 0.3) is 22.4 Å². The topological polar surface area (TPSA) is 94.8 Å². The third-order valence-electron chi connectivity index (χ3n) is 3.96. The summed E-state index contributed by atoms with van der Waals surface area (Å²) in [5, 5.41) is 8.62. The predicted octanol–water partition coefficient (Wildman–Crippen LogP) is 2.49. The Morgan fingerprint density at radius 1 is 1.31 bits per heavy atom. The molecular weight excluding hydrogens is 332 g/mol. The molecule has 0 spiro atoms. The van der Waals surface area contributed by atoms with E-state index in [1.54, 1.807) is 24.0 Å². The first-order valence-corrected chi connectivity index (χ1v) is 8.53. The molecule has 3 aromatic heterocycles. The first-order chi connectivity index (χ1) is 12.5. The van der Waals surface area contributed by atoms with Crippen molar-refractivity contribution in [3.63, 3.8) is 0 Å². The standard InChI is InChI=1S/C18H22N6O2/c1-5-26-14(25)10-11(2)20-17-15-12(3)23-24(4)18(15)22-16(21-17)13-6-8-19-9-7-13/h6-9,11H,5,10H2,1-4H3,(H,20,21,22). The Bertz CT molecular complexity index is 922. The zero-order valence-corrected chi connectivity index (χ0v) is 15.4. The Labute approximate surface area is 151 Å². The van der Waals surface area contributed by atoms with Crippen LogP contribution in [0.2, 0.25) is 0 Å². The van der Waals surface area contributed by atoms with Crippen molar-refractivity contribution in [3.8, 4) is 11.4 Å². The molecular formula is C18H22N6O2. The lowest BCUT2D eigenvalue weighted by molar-refractivity contribution is -0.143. The molecule has 0 saturated heterocycles. The van der Waals surface area contributed by atoms with Crippen LogP contribution in [0.1, 0.15) is 26.0 Å². The van der Waals surface area contributed by atoms with Gasteiger partial charge in [0.2, 0.25) is 0 Å². The molecule has 0 aromatic carbocycles. The fourth-order valence-electron chi connectivity index (χ4n) is 2.83. The highest BCUT2D eigenvalue weighted by Crippen LogP contribution is 2.27. The maximum absolute atomic E-state index is 11.7. The summed E-state index contributed by atoms with van der Waals surface area (Å²) >= 11 is 0. The third-order valence-corrected chi connectivity index (χ3v) is 3.96. The molecule has 0 aliphatic heterocycles. The van der Waals surface area contributed by atoms with Crippen molar-refractivity contribution < 1.29 is 9.53 Å². The number of hydrogen-bond acceptors (Lipinski definition) is 7. The smallest absolute Gasteiger partial charge is 0.307 e. The van der Waals surface area contributed by atoms with E-state index in [0.717, 1.165) is 22.3 Å². The van der Waals surface area contributed by atoms with Gasteiger partial charge in [0.1, 0.15) is 5.82 Å². The maximum Gasteiger partial charge on any atom is 0.307 e. The number of rotatable bonds is 6. The minimum atomic E-state index is -0.241. The average Bonchev–Trinajstić information content (AvgIpc) is 2.90. The Morgan fingerprint density at radius 2 is 2.04 bits per heavy atom. The first kappa shape index (κ1) is 17.8. The quantitative estimate of drug-likeness (QED) is 0.680. The highest BCUT2D eigenvalue weighted by Gasteiger charge is 2.18. The first-order valence-electron chi connectivity index (χ1n) is 8.53. The molecule has 0 fully saturated rings. The van der Waals surface area contributed by atoms with Gasteiger partial charge in [-0.15, -0.1) is 0 Å². The van der Waals surface area contributed by atoms with Crippen LogP contribution in [0.4, 0.5) is 5.82 Å². The maximum atomic E-state index is 11.7. The zero-order valence-electron chi connectivity index (χ0n) is 15.4. The number of aryl methyl sites for hydroxylation is 2.